The molecule has 0 amide bonds. The van der Waals surface area contributed by atoms with Crippen molar-refractivity contribution in [1.29, 1.82) is 0 Å². The highest BCUT2D eigenvalue weighted by molar-refractivity contribution is 14.1. The minimum Gasteiger partial charge on any atom is -0.457 e. The average Bonchev–Trinajstić information content (AvgIpc) is 2.53. The molecule has 0 heterocycles. The lowest BCUT2D eigenvalue weighted by molar-refractivity contribution is 0.472. The van der Waals surface area contributed by atoms with Crippen molar-refractivity contribution in [3.63, 3.8) is 0 Å². The van der Waals surface area contributed by atoms with Gasteiger partial charge in [0.2, 0.25) is 0 Å². The van der Waals surface area contributed by atoms with Crippen LogP contribution in [0.15, 0.2) is 35.3 Å². The molecule has 0 aliphatic carbocycles. The Morgan fingerprint density at radius 3 is 2.62 bits per heavy atom. The SMILES string of the molecule is CCCN(C)C=Nc1cc(C)c(Oc2ccc(I)c(F)c2)cc1C. The fourth-order valence-electron chi connectivity index (χ4n) is 2.26. The Balaban J connectivity index is 2.21. The largest absolute Gasteiger partial charge is 0.457 e. The smallest absolute Gasteiger partial charge is 0.140 e. The monoisotopic (exact) mass is 440 g/mol. The van der Waals surface area contributed by atoms with Crippen molar-refractivity contribution in [2.24, 2.45) is 4.99 Å². The molecule has 0 N–H and O–H groups in total. The van der Waals surface area contributed by atoms with Crippen LogP contribution in [0.4, 0.5) is 10.1 Å². The topological polar surface area (TPSA) is 24.8 Å². The van der Waals surface area contributed by atoms with Crippen molar-refractivity contribution in [3.8, 4) is 11.5 Å². The zero-order valence-corrected chi connectivity index (χ0v) is 16.6. The van der Waals surface area contributed by atoms with Crippen LogP contribution in [-0.2, 0) is 0 Å². The van der Waals surface area contributed by atoms with Gasteiger partial charge in [0.25, 0.3) is 0 Å². The Hall–Kier alpha value is -1.63. The number of nitrogens with zero attached hydrogens (tertiary/aromatic N) is 2. The third-order valence-corrected chi connectivity index (χ3v) is 4.46. The Labute approximate surface area is 156 Å². The second-order valence-electron chi connectivity index (χ2n) is 5.81. The molecule has 0 bridgehead atoms. The van der Waals surface area contributed by atoms with E-state index in [-0.39, 0.29) is 5.82 Å². The zero-order valence-electron chi connectivity index (χ0n) is 14.4. The summed E-state index contributed by atoms with van der Waals surface area (Å²) in [6, 6.07) is 8.81. The molecule has 0 saturated carbocycles. The summed E-state index contributed by atoms with van der Waals surface area (Å²) in [5.41, 5.74) is 2.89. The van der Waals surface area contributed by atoms with E-state index in [1.165, 1.54) is 6.07 Å². The van der Waals surface area contributed by atoms with E-state index >= 15 is 0 Å². The molecule has 2 rings (SSSR count). The lowest BCUT2D eigenvalue weighted by atomic mass is 10.1. The first-order valence-corrected chi connectivity index (χ1v) is 8.97. The number of halogens is 2. The molecule has 0 aliphatic heterocycles. The van der Waals surface area contributed by atoms with Crippen molar-refractivity contribution in [3.05, 3.63) is 50.8 Å². The number of aliphatic imine (C=N–C) groups is 1. The number of hydrogen-bond acceptors (Lipinski definition) is 2. The molecule has 2 aromatic rings. The quantitative estimate of drug-likeness (QED) is 0.320. The molecule has 0 spiro atoms. The summed E-state index contributed by atoms with van der Waals surface area (Å²) in [6.45, 7) is 7.07. The molecule has 0 aromatic heterocycles. The van der Waals surface area contributed by atoms with Gasteiger partial charge in [-0.25, -0.2) is 9.38 Å². The van der Waals surface area contributed by atoms with E-state index in [0.29, 0.717) is 15.1 Å². The van der Waals surface area contributed by atoms with Crippen LogP contribution in [-0.4, -0.2) is 24.8 Å². The first-order valence-electron chi connectivity index (χ1n) is 7.89. The summed E-state index contributed by atoms with van der Waals surface area (Å²) in [6.07, 6.45) is 2.93. The predicted molar refractivity (Wildman–Crippen MR) is 106 cm³/mol. The second kappa shape index (κ2) is 8.46. The maximum absolute atomic E-state index is 13.7. The van der Waals surface area contributed by atoms with Gasteiger partial charge in [-0.05, 0) is 78.3 Å². The molecule has 128 valence electrons. The van der Waals surface area contributed by atoms with E-state index in [4.69, 9.17) is 4.74 Å². The van der Waals surface area contributed by atoms with Crippen LogP contribution in [0.1, 0.15) is 24.5 Å². The van der Waals surface area contributed by atoms with Gasteiger partial charge in [-0.15, -0.1) is 0 Å². The summed E-state index contributed by atoms with van der Waals surface area (Å²) < 4.78 is 20.1. The lowest BCUT2D eigenvalue weighted by Gasteiger charge is -2.13. The van der Waals surface area contributed by atoms with E-state index in [2.05, 4.69) is 16.8 Å². The molecule has 0 atom stereocenters. The normalized spacial score (nSPS) is 11.1. The lowest BCUT2D eigenvalue weighted by Crippen LogP contribution is -2.16. The predicted octanol–water partition coefficient (Wildman–Crippen LogP) is 5.84. The maximum Gasteiger partial charge on any atom is 0.140 e. The molecule has 5 heteroatoms. The molecular weight excluding hydrogens is 418 g/mol. The van der Waals surface area contributed by atoms with E-state index in [1.807, 2.05) is 62.0 Å². The van der Waals surface area contributed by atoms with Crippen LogP contribution in [0.2, 0.25) is 0 Å². The summed E-state index contributed by atoms with van der Waals surface area (Å²) in [4.78, 5) is 6.61. The molecular formula is C19H22FIN2O. The summed E-state index contributed by atoms with van der Waals surface area (Å²) in [7, 11) is 2.01. The van der Waals surface area contributed by atoms with Gasteiger partial charge in [-0.1, -0.05) is 6.92 Å². The number of rotatable bonds is 6. The highest BCUT2D eigenvalue weighted by Crippen LogP contribution is 2.32. The van der Waals surface area contributed by atoms with Gasteiger partial charge in [0.05, 0.1) is 12.0 Å². The first-order chi connectivity index (χ1) is 11.4. The van der Waals surface area contributed by atoms with Gasteiger partial charge < -0.3 is 9.64 Å². The van der Waals surface area contributed by atoms with Crippen LogP contribution >= 0.6 is 22.6 Å². The first kappa shape index (κ1) is 18.7. The van der Waals surface area contributed by atoms with Crippen molar-refractivity contribution < 1.29 is 9.13 Å². The van der Waals surface area contributed by atoms with Crippen molar-refractivity contribution in [2.45, 2.75) is 27.2 Å². The molecule has 0 saturated heterocycles. The van der Waals surface area contributed by atoms with Crippen LogP contribution in [0.5, 0.6) is 11.5 Å². The fourth-order valence-corrected chi connectivity index (χ4v) is 2.60. The van der Waals surface area contributed by atoms with Crippen molar-refractivity contribution in [2.75, 3.05) is 13.6 Å². The van der Waals surface area contributed by atoms with Gasteiger partial charge in [-0.3, -0.25) is 0 Å². The zero-order chi connectivity index (χ0) is 17.7. The van der Waals surface area contributed by atoms with Gasteiger partial charge in [0, 0.05) is 23.2 Å². The summed E-state index contributed by atoms with van der Waals surface area (Å²) >= 11 is 1.96. The molecule has 0 unspecified atom stereocenters. The number of ether oxygens (including phenoxy) is 1. The summed E-state index contributed by atoms with van der Waals surface area (Å²) in [5, 5.41) is 0. The molecule has 0 aliphatic rings. The minimum absolute atomic E-state index is 0.275. The Kier molecular flexibility index (Phi) is 6.60. The molecule has 0 radical (unpaired) electrons. The number of benzene rings is 2. The third kappa shape index (κ3) is 4.93. The van der Waals surface area contributed by atoms with Gasteiger partial charge >= 0.3 is 0 Å². The second-order valence-corrected chi connectivity index (χ2v) is 6.97. The standard InChI is InChI=1S/C19H22FIN2O/c1-5-8-23(4)12-22-18-9-14(3)19(10-13(18)2)24-15-6-7-17(21)16(20)11-15/h6-7,9-12H,5,8H2,1-4H3. The molecule has 24 heavy (non-hydrogen) atoms. The van der Waals surface area contributed by atoms with Crippen LogP contribution < -0.4 is 4.74 Å². The van der Waals surface area contributed by atoms with Crippen LogP contribution in [0, 0.1) is 23.2 Å². The molecule has 2 aromatic carbocycles. The number of hydrogen-bond donors (Lipinski definition) is 0. The maximum atomic E-state index is 13.7. The third-order valence-electron chi connectivity index (χ3n) is 3.58. The molecule has 3 nitrogen and oxygen atoms in total. The van der Waals surface area contributed by atoms with Crippen LogP contribution in [0.3, 0.4) is 0 Å². The highest BCUT2D eigenvalue weighted by Gasteiger charge is 2.08. The summed E-state index contributed by atoms with van der Waals surface area (Å²) in [5.74, 6) is 0.936. The van der Waals surface area contributed by atoms with Crippen LogP contribution in [0.25, 0.3) is 0 Å². The van der Waals surface area contributed by atoms with Crippen molar-refractivity contribution >= 4 is 34.6 Å². The van der Waals surface area contributed by atoms with E-state index in [0.717, 1.165) is 29.8 Å². The Morgan fingerprint density at radius 2 is 1.96 bits per heavy atom. The Morgan fingerprint density at radius 1 is 1.21 bits per heavy atom. The van der Waals surface area contributed by atoms with E-state index in [1.54, 1.807) is 12.1 Å². The van der Waals surface area contributed by atoms with E-state index < -0.39 is 0 Å². The van der Waals surface area contributed by atoms with Gasteiger partial charge in [0.1, 0.15) is 17.3 Å². The minimum atomic E-state index is -0.275. The molecule has 0 fully saturated rings. The van der Waals surface area contributed by atoms with E-state index in [9.17, 15) is 4.39 Å². The Bertz CT molecular complexity index is 746. The van der Waals surface area contributed by atoms with Gasteiger partial charge in [-0.2, -0.15) is 0 Å². The average molecular weight is 440 g/mol. The van der Waals surface area contributed by atoms with Gasteiger partial charge in [0.15, 0.2) is 0 Å². The van der Waals surface area contributed by atoms with Crippen molar-refractivity contribution in [1.82, 2.24) is 4.90 Å². The fraction of sp³-hybridized carbons (Fsp3) is 0.316. The number of aryl methyl sites for hydroxylation is 2. The highest BCUT2D eigenvalue weighted by atomic mass is 127.